The van der Waals surface area contributed by atoms with Gasteiger partial charge in [0, 0.05) is 12.6 Å². The predicted octanol–water partition coefficient (Wildman–Crippen LogP) is 2.91. The van der Waals surface area contributed by atoms with Crippen LogP contribution < -0.4 is 0 Å². The van der Waals surface area contributed by atoms with E-state index in [9.17, 15) is 0 Å². The van der Waals surface area contributed by atoms with Crippen molar-refractivity contribution in [2.45, 2.75) is 52.0 Å². The number of hydrogen-bond donors (Lipinski definition) is 0. The molecular formula is C12H23N. The number of rotatable bonds is 1. The third-order valence-corrected chi connectivity index (χ3v) is 4.33. The Morgan fingerprint density at radius 3 is 2.54 bits per heavy atom. The molecule has 0 radical (unpaired) electrons. The van der Waals surface area contributed by atoms with Crippen molar-refractivity contribution >= 4 is 0 Å². The lowest BCUT2D eigenvalue weighted by Crippen LogP contribution is -2.55. The minimum Gasteiger partial charge on any atom is -0.303 e. The van der Waals surface area contributed by atoms with E-state index in [0.717, 1.165) is 17.4 Å². The Balaban J connectivity index is 2.12. The molecule has 0 bridgehead atoms. The number of nitrogens with zero attached hydrogens (tertiary/aromatic N) is 1. The van der Waals surface area contributed by atoms with E-state index in [1.807, 2.05) is 0 Å². The van der Waals surface area contributed by atoms with Crippen LogP contribution in [-0.2, 0) is 0 Å². The summed E-state index contributed by atoms with van der Waals surface area (Å²) in [6.45, 7) is 6.10. The molecule has 0 N–H and O–H groups in total. The summed E-state index contributed by atoms with van der Waals surface area (Å²) in [7, 11) is 2.32. The topological polar surface area (TPSA) is 3.24 Å². The van der Waals surface area contributed by atoms with Gasteiger partial charge in [-0.25, -0.2) is 0 Å². The highest BCUT2D eigenvalue weighted by Gasteiger charge is 2.48. The maximum Gasteiger partial charge on any atom is 0.0146 e. The number of likely N-dealkylation sites (tertiary alicyclic amines) is 1. The fourth-order valence-electron chi connectivity index (χ4n) is 3.89. The fraction of sp³-hybridized carbons (Fsp3) is 1.00. The van der Waals surface area contributed by atoms with Crippen LogP contribution in [0.15, 0.2) is 0 Å². The molecule has 13 heavy (non-hydrogen) atoms. The molecule has 1 saturated heterocycles. The molecule has 1 saturated carbocycles. The fourth-order valence-corrected chi connectivity index (χ4v) is 3.89. The zero-order valence-corrected chi connectivity index (χ0v) is 9.34. The zero-order chi connectivity index (χ0) is 9.47. The van der Waals surface area contributed by atoms with Crippen molar-refractivity contribution in [2.75, 3.05) is 13.6 Å². The number of piperidine rings is 1. The molecule has 0 aromatic carbocycles. The van der Waals surface area contributed by atoms with Gasteiger partial charge in [-0.3, -0.25) is 0 Å². The SMILES string of the molecule is CC[C@@H]1N(C)C[C@@H](C)CC12CCC2. The van der Waals surface area contributed by atoms with Crippen LogP contribution in [0.5, 0.6) is 0 Å². The van der Waals surface area contributed by atoms with Gasteiger partial charge in [-0.1, -0.05) is 20.3 Å². The summed E-state index contributed by atoms with van der Waals surface area (Å²) in [5, 5.41) is 0. The molecule has 2 fully saturated rings. The van der Waals surface area contributed by atoms with Crippen LogP contribution in [0.2, 0.25) is 0 Å². The zero-order valence-electron chi connectivity index (χ0n) is 9.34. The monoisotopic (exact) mass is 181 g/mol. The lowest BCUT2D eigenvalue weighted by molar-refractivity contribution is -0.0546. The van der Waals surface area contributed by atoms with Crippen LogP contribution in [-0.4, -0.2) is 24.5 Å². The van der Waals surface area contributed by atoms with Gasteiger partial charge in [-0.05, 0) is 44.1 Å². The van der Waals surface area contributed by atoms with Crippen LogP contribution >= 0.6 is 0 Å². The van der Waals surface area contributed by atoms with Crippen LogP contribution in [0.3, 0.4) is 0 Å². The Kier molecular flexibility index (Phi) is 2.39. The van der Waals surface area contributed by atoms with E-state index in [2.05, 4.69) is 25.8 Å². The molecule has 0 amide bonds. The Morgan fingerprint density at radius 2 is 2.08 bits per heavy atom. The molecule has 0 aromatic rings. The average Bonchev–Trinajstić information content (AvgIpc) is 2.00. The Bertz CT molecular complexity index is 184. The predicted molar refractivity (Wildman–Crippen MR) is 56.8 cm³/mol. The van der Waals surface area contributed by atoms with Gasteiger partial charge in [0.2, 0.25) is 0 Å². The molecule has 2 atom stereocenters. The molecule has 1 heterocycles. The van der Waals surface area contributed by atoms with Crippen LogP contribution in [0.25, 0.3) is 0 Å². The smallest absolute Gasteiger partial charge is 0.0146 e. The minimum absolute atomic E-state index is 0.737. The van der Waals surface area contributed by atoms with Gasteiger partial charge in [0.1, 0.15) is 0 Å². The first-order chi connectivity index (χ1) is 6.18. The van der Waals surface area contributed by atoms with Crippen molar-refractivity contribution in [1.29, 1.82) is 0 Å². The first-order valence-corrected chi connectivity index (χ1v) is 5.88. The molecule has 1 aliphatic heterocycles. The highest BCUT2D eigenvalue weighted by atomic mass is 15.2. The molecule has 1 aliphatic carbocycles. The lowest BCUT2D eigenvalue weighted by Gasteiger charge is -2.56. The standard InChI is InChI=1S/C12H23N/c1-4-11-12(6-5-7-12)8-10(2)9-13(11)3/h10-11H,4-9H2,1-3H3/t10-,11-/m0/s1. The normalized spacial score (nSPS) is 39.0. The van der Waals surface area contributed by atoms with Gasteiger partial charge in [0.25, 0.3) is 0 Å². The van der Waals surface area contributed by atoms with Crippen molar-refractivity contribution in [3.63, 3.8) is 0 Å². The molecule has 76 valence electrons. The summed E-state index contributed by atoms with van der Waals surface area (Å²) in [5.74, 6) is 0.924. The Hall–Kier alpha value is -0.0400. The maximum absolute atomic E-state index is 2.62. The van der Waals surface area contributed by atoms with Crippen LogP contribution in [0.1, 0.15) is 46.0 Å². The van der Waals surface area contributed by atoms with Crippen molar-refractivity contribution in [1.82, 2.24) is 4.90 Å². The van der Waals surface area contributed by atoms with Gasteiger partial charge in [0.05, 0.1) is 0 Å². The molecule has 1 nitrogen and oxygen atoms in total. The highest BCUT2D eigenvalue weighted by Crippen LogP contribution is 2.53. The van der Waals surface area contributed by atoms with E-state index in [-0.39, 0.29) is 0 Å². The van der Waals surface area contributed by atoms with E-state index in [0.29, 0.717) is 0 Å². The largest absolute Gasteiger partial charge is 0.303 e. The van der Waals surface area contributed by atoms with E-state index < -0.39 is 0 Å². The first-order valence-electron chi connectivity index (χ1n) is 5.88. The van der Waals surface area contributed by atoms with Gasteiger partial charge in [-0.15, -0.1) is 0 Å². The third-order valence-electron chi connectivity index (χ3n) is 4.33. The Labute approximate surface area is 82.5 Å². The summed E-state index contributed by atoms with van der Waals surface area (Å²) in [6, 6.07) is 0.887. The molecule has 1 heteroatoms. The summed E-state index contributed by atoms with van der Waals surface area (Å²) in [6.07, 6.45) is 7.33. The first kappa shape index (κ1) is 9.51. The third kappa shape index (κ3) is 1.41. The minimum atomic E-state index is 0.737. The van der Waals surface area contributed by atoms with Crippen molar-refractivity contribution in [3.8, 4) is 0 Å². The van der Waals surface area contributed by atoms with E-state index in [1.165, 1.54) is 38.6 Å². The van der Waals surface area contributed by atoms with Crippen molar-refractivity contribution in [3.05, 3.63) is 0 Å². The summed E-state index contributed by atoms with van der Waals surface area (Å²) >= 11 is 0. The second-order valence-corrected chi connectivity index (χ2v) is 5.39. The van der Waals surface area contributed by atoms with Gasteiger partial charge in [-0.2, -0.15) is 0 Å². The summed E-state index contributed by atoms with van der Waals surface area (Å²) < 4.78 is 0. The van der Waals surface area contributed by atoms with Crippen molar-refractivity contribution in [2.24, 2.45) is 11.3 Å². The molecule has 0 aromatic heterocycles. The average molecular weight is 181 g/mol. The van der Waals surface area contributed by atoms with Gasteiger partial charge >= 0.3 is 0 Å². The molecule has 0 unspecified atom stereocenters. The summed E-state index contributed by atoms with van der Waals surface area (Å²) in [5.41, 5.74) is 0.737. The van der Waals surface area contributed by atoms with E-state index >= 15 is 0 Å². The van der Waals surface area contributed by atoms with Gasteiger partial charge in [0.15, 0.2) is 0 Å². The molecule has 2 aliphatic rings. The van der Waals surface area contributed by atoms with Gasteiger partial charge < -0.3 is 4.90 Å². The molecular weight excluding hydrogens is 158 g/mol. The van der Waals surface area contributed by atoms with Crippen molar-refractivity contribution < 1.29 is 0 Å². The highest BCUT2D eigenvalue weighted by molar-refractivity contribution is 5.01. The second-order valence-electron chi connectivity index (χ2n) is 5.39. The quantitative estimate of drug-likeness (QED) is 0.601. The van der Waals surface area contributed by atoms with Crippen LogP contribution in [0, 0.1) is 11.3 Å². The van der Waals surface area contributed by atoms with Crippen LogP contribution in [0.4, 0.5) is 0 Å². The second kappa shape index (κ2) is 3.27. The number of hydrogen-bond acceptors (Lipinski definition) is 1. The molecule has 2 rings (SSSR count). The van der Waals surface area contributed by atoms with E-state index in [4.69, 9.17) is 0 Å². The maximum atomic E-state index is 2.62. The van der Waals surface area contributed by atoms with E-state index in [1.54, 1.807) is 0 Å². The Morgan fingerprint density at radius 1 is 1.38 bits per heavy atom. The lowest BCUT2D eigenvalue weighted by atomic mass is 9.57. The molecule has 1 spiro atoms. The summed E-state index contributed by atoms with van der Waals surface area (Å²) in [4.78, 5) is 2.62.